The van der Waals surface area contributed by atoms with Gasteiger partial charge in [-0.25, -0.2) is 8.42 Å². The largest absolute Gasteiger partial charge is 0.276 e. The van der Waals surface area contributed by atoms with Gasteiger partial charge in [-0.3, -0.25) is 9.82 Å². The lowest BCUT2D eigenvalue weighted by Crippen LogP contribution is -2.13. The molecule has 0 aliphatic rings. The predicted octanol–water partition coefficient (Wildman–Crippen LogP) is 4.99. The average molecular weight is 398 g/mol. The smallest absolute Gasteiger partial charge is 0.263 e. The molecule has 0 fully saturated rings. The molecule has 0 spiro atoms. The van der Waals surface area contributed by atoms with Crippen molar-refractivity contribution in [1.82, 2.24) is 10.2 Å². The van der Waals surface area contributed by atoms with Crippen LogP contribution in [0.2, 0.25) is 5.02 Å². The van der Waals surface area contributed by atoms with E-state index in [9.17, 15) is 8.42 Å². The number of hydrogen-bond acceptors (Lipinski definition) is 3. The average Bonchev–Trinajstić information content (AvgIpc) is 3.03. The number of sulfonamides is 1. The molecule has 0 unspecified atom stereocenters. The number of anilines is 1. The van der Waals surface area contributed by atoms with Crippen LogP contribution < -0.4 is 4.72 Å². The summed E-state index contributed by atoms with van der Waals surface area (Å²) in [5.41, 5.74) is 3.39. The van der Waals surface area contributed by atoms with E-state index in [0.717, 1.165) is 16.7 Å². The van der Waals surface area contributed by atoms with Crippen LogP contribution in [-0.4, -0.2) is 18.6 Å². The van der Waals surface area contributed by atoms with Crippen LogP contribution in [0.1, 0.15) is 5.56 Å². The molecular weight excluding hydrogens is 382 g/mol. The molecule has 5 nitrogen and oxygen atoms in total. The van der Waals surface area contributed by atoms with E-state index in [1.807, 2.05) is 43.3 Å². The number of fused-ring (bicyclic) bond motifs is 1. The molecule has 0 aliphatic carbocycles. The number of aromatic nitrogens is 2. The maximum absolute atomic E-state index is 12.7. The van der Waals surface area contributed by atoms with Crippen LogP contribution in [0.25, 0.3) is 22.0 Å². The Morgan fingerprint density at radius 1 is 1.00 bits per heavy atom. The SMILES string of the molecule is Cc1ccc(S(=O)(=O)Nc2n[nH]c3cc(Cl)c(-c4ccccc4)cc23)cc1. The van der Waals surface area contributed by atoms with Crippen LogP contribution in [0.15, 0.2) is 71.6 Å². The Bertz CT molecular complexity index is 1220. The fraction of sp³-hybridized carbons (Fsp3) is 0.0500. The lowest BCUT2D eigenvalue weighted by molar-refractivity contribution is 0.601. The van der Waals surface area contributed by atoms with Crippen molar-refractivity contribution in [3.05, 3.63) is 77.3 Å². The van der Waals surface area contributed by atoms with Crippen LogP contribution in [0.4, 0.5) is 5.82 Å². The third-order valence-corrected chi connectivity index (χ3v) is 5.97. The number of H-pyrrole nitrogens is 1. The highest BCUT2D eigenvalue weighted by atomic mass is 35.5. The van der Waals surface area contributed by atoms with Gasteiger partial charge in [-0.15, -0.1) is 0 Å². The van der Waals surface area contributed by atoms with Gasteiger partial charge in [-0.2, -0.15) is 5.10 Å². The van der Waals surface area contributed by atoms with E-state index in [-0.39, 0.29) is 10.7 Å². The number of nitrogens with one attached hydrogen (secondary N) is 2. The van der Waals surface area contributed by atoms with E-state index in [0.29, 0.717) is 15.9 Å². The summed E-state index contributed by atoms with van der Waals surface area (Å²) in [5, 5.41) is 8.16. The number of rotatable bonds is 4. The lowest BCUT2D eigenvalue weighted by Gasteiger charge is -2.08. The molecule has 0 amide bonds. The summed E-state index contributed by atoms with van der Waals surface area (Å²) in [6.07, 6.45) is 0. The van der Waals surface area contributed by atoms with E-state index in [1.165, 1.54) is 0 Å². The standard InChI is InChI=1S/C20H16ClN3O2S/c1-13-7-9-15(10-8-13)27(25,26)24-20-17-11-16(14-5-3-2-4-6-14)18(21)12-19(17)22-23-20/h2-12H,1H3,(H2,22,23,24). The molecule has 0 atom stereocenters. The summed E-state index contributed by atoms with van der Waals surface area (Å²) in [6, 6.07) is 19.9. The molecular formula is C20H16ClN3O2S. The summed E-state index contributed by atoms with van der Waals surface area (Å²) in [5.74, 6) is 0.236. The van der Waals surface area contributed by atoms with E-state index in [1.54, 1.807) is 30.3 Å². The molecule has 0 saturated heterocycles. The first kappa shape index (κ1) is 17.6. The number of aromatic amines is 1. The number of nitrogens with zero attached hydrogens (tertiary/aromatic N) is 1. The Balaban J connectivity index is 1.78. The van der Waals surface area contributed by atoms with Gasteiger partial charge in [0.15, 0.2) is 5.82 Å². The van der Waals surface area contributed by atoms with Crippen LogP contribution in [-0.2, 0) is 10.0 Å². The maximum Gasteiger partial charge on any atom is 0.263 e. The summed E-state index contributed by atoms with van der Waals surface area (Å²) < 4.78 is 27.9. The summed E-state index contributed by atoms with van der Waals surface area (Å²) >= 11 is 6.40. The molecule has 1 heterocycles. The van der Waals surface area contributed by atoms with Crippen molar-refractivity contribution in [3.63, 3.8) is 0 Å². The van der Waals surface area contributed by atoms with E-state index in [2.05, 4.69) is 14.9 Å². The molecule has 4 aromatic rings. The summed E-state index contributed by atoms with van der Waals surface area (Å²) in [7, 11) is -3.74. The Morgan fingerprint density at radius 2 is 1.70 bits per heavy atom. The van der Waals surface area contributed by atoms with Crippen LogP contribution in [0.5, 0.6) is 0 Å². The molecule has 0 aliphatic heterocycles. The maximum atomic E-state index is 12.7. The minimum atomic E-state index is -3.74. The molecule has 0 bridgehead atoms. The van der Waals surface area contributed by atoms with Gasteiger partial charge < -0.3 is 0 Å². The van der Waals surface area contributed by atoms with Crippen LogP contribution >= 0.6 is 11.6 Å². The molecule has 2 N–H and O–H groups in total. The highest BCUT2D eigenvalue weighted by Gasteiger charge is 2.18. The van der Waals surface area contributed by atoms with Crippen molar-refractivity contribution in [1.29, 1.82) is 0 Å². The molecule has 4 rings (SSSR count). The quantitative estimate of drug-likeness (QED) is 0.509. The minimum Gasteiger partial charge on any atom is -0.276 e. The highest BCUT2D eigenvalue weighted by Crippen LogP contribution is 2.34. The van der Waals surface area contributed by atoms with Gasteiger partial charge in [-0.05, 0) is 36.8 Å². The predicted molar refractivity (Wildman–Crippen MR) is 109 cm³/mol. The third kappa shape index (κ3) is 3.41. The third-order valence-electron chi connectivity index (χ3n) is 4.30. The molecule has 136 valence electrons. The van der Waals surface area contributed by atoms with Gasteiger partial charge in [0.1, 0.15) is 0 Å². The Hall–Kier alpha value is -2.83. The zero-order valence-electron chi connectivity index (χ0n) is 14.4. The number of hydrogen-bond donors (Lipinski definition) is 2. The zero-order valence-corrected chi connectivity index (χ0v) is 16.0. The molecule has 1 aromatic heterocycles. The second kappa shape index (κ2) is 6.72. The molecule has 27 heavy (non-hydrogen) atoms. The van der Waals surface area contributed by atoms with Gasteiger partial charge >= 0.3 is 0 Å². The summed E-state index contributed by atoms with van der Waals surface area (Å²) in [6.45, 7) is 1.90. The Morgan fingerprint density at radius 3 is 2.41 bits per heavy atom. The normalized spacial score (nSPS) is 11.6. The van der Waals surface area contributed by atoms with E-state index >= 15 is 0 Å². The number of benzene rings is 3. The van der Waals surface area contributed by atoms with Gasteiger partial charge in [-0.1, -0.05) is 59.6 Å². The van der Waals surface area contributed by atoms with Crippen molar-refractivity contribution in [3.8, 4) is 11.1 Å². The van der Waals surface area contributed by atoms with Gasteiger partial charge in [0.2, 0.25) is 0 Å². The first-order valence-electron chi connectivity index (χ1n) is 8.26. The van der Waals surface area contributed by atoms with Gasteiger partial charge in [0.05, 0.1) is 15.4 Å². The van der Waals surface area contributed by atoms with E-state index < -0.39 is 10.0 Å². The fourth-order valence-corrected chi connectivity index (χ4v) is 4.15. The summed E-state index contributed by atoms with van der Waals surface area (Å²) in [4.78, 5) is 0.182. The monoisotopic (exact) mass is 397 g/mol. The topological polar surface area (TPSA) is 74.8 Å². The van der Waals surface area contributed by atoms with Crippen molar-refractivity contribution < 1.29 is 8.42 Å². The first-order chi connectivity index (χ1) is 12.9. The fourth-order valence-electron chi connectivity index (χ4n) is 2.86. The van der Waals surface area contributed by atoms with Gasteiger partial charge in [0.25, 0.3) is 10.0 Å². The lowest BCUT2D eigenvalue weighted by atomic mass is 10.0. The molecule has 0 saturated carbocycles. The van der Waals surface area contributed by atoms with Crippen LogP contribution in [0, 0.1) is 6.92 Å². The Kier molecular flexibility index (Phi) is 4.37. The number of halogens is 1. The molecule has 0 radical (unpaired) electrons. The molecule has 7 heteroatoms. The van der Waals surface area contributed by atoms with Crippen LogP contribution in [0.3, 0.4) is 0 Å². The first-order valence-corrected chi connectivity index (χ1v) is 10.1. The Labute approximate surface area is 162 Å². The van der Waals surface area contributed by atoms with Crippen molar-refractivity contribution in [2.45, 2.75) is 11.8 Å². The van der Waals surface area contributed by atoms with Crippen molar-refractivity contribution in [2.75, 3.05) is 4.72 Å². The minimum absolute atomic E-state index is 0.182. The zero-order chi connectivity index (χ0) is 19.0. The second-order valence-electron chi connectivity index (χ2n) is 6.23. The van der Waals surface area contributed by atoms with Gasteiger partial charge in [0, 0.05) is 10.9 Å². The van der Waals surface area contributed by atoms with Crippen molar-refractivity contribution in [2.24, 2.45) is 0 Å². The van der Waals surface area contributed by atoms with E-state index in [4.69, 9.17) is 11.6 Å². The highest BCUT2D eigenvalue weighted by molar-refractivity contribution is 7.92. The number of aryl methyl sites for hydroxylation is 1. The molecule has 3 aromatic carbocycles. The second-order valence-corrected chi connectivity index (χ2v) is 8.32. The van der Waals surface area contributed by atoms with Crippen molar-refractivity contribution >= 4 is 38.3 Å².